The van der Waals surface area contributed by atoms with E-state index in [0.29, 0.717) is 6.54 Å². The summed E-state index contributed by atoms with van der Waals surface area (Å²) in [4.78, 5) is 0. The lowest BCUT2D eigenvalue weighted by atomic mass is 10.3. The molecule has 5 heteroatoms. The summed E-state index contributed by atoms with van der Waals surface area (Å²) < 4.78 is 11.2. The molecule has 14 heavy (non-hydrogen) atoms. The molecule has 86 valence electrons. The van der Waals surface area contributed by atoms with E-state index in [4.69, 9.17) is 20.3 Å². The van der Waals surface area contributed by atoms with Crippen LogP contribution in [0.4, 0.5) is 0 Å². The zero-order valence-electron chi connectivity index (χ0n) is 9.42. The maximum Gasteiger partial charge on any atom is 0.334 e. The number of hydrogen-bond acceptors (Lipinski definition) is 4. The third-order valence-electron chi connectivity index (χ3n) is 2.27. The summed E-state index contributed by atoms with van der Waals surface area (Å²) in [6.07, 6.45) is 3.02. The van der Waals surface area contributed by atoms with Gasteiger partial charge in [-0.15, -0.1) is 0 Å². The van der Waals surface area contributed by atoms with Crippen molar-refractivity contribution in [1.82, 2.24) is 0 Å². The van der Waals surface area contributed by atoms with Crippen molar-refractivity contribution in [3.05, 3.63) is 0 Å². The van der Waals surface area contributed by atoms with Gasteiger partial charge in [-0.3, -0.25) is 0 Å². The molecule has 0 spiro atoms. The molecule has 1 unspecified atom stereocenters. The van der Waals surface area contributed by atoms with Crippen LogP contribution in [0.3, 0.4) is 0 Å². The molecule has 1 atom stereocenters. The first kappa shape index (κ1) is 14.1. The molecule has 4 N–H and O–H groups in total. The summed E-state index contributed by atoms with van der Waals surface area (Å²) in [6.45, 7) is 4.29. The molecule has 0 saturated heterocycles. The van der Waals surface area contributed by atoms with Gasteiger partial charge in [-0.05, 0) is 44.9 Å². The highest BCUT2D eigenvalue weighted by atomic mass is 28.4. The number of hydrogen-bond donors (Lipinski definition) is 2. The zero-order chi connectivity index (χ0) is 10.9. The van der Waals surface area contributed by atoms with E-state index in [1.54, 1.807) is 7.11 Å². The van der Waals surface area contributed by atoms with Gasteiger partial charge in [-0.1, -0.05) is 0 Å². The molecule has 0 aliphatic heterocycles. The third-order valence-corrected chi connectivity index (χ3v) is 5.21. The Labute approximate surface area is 88.2 Å². The van der Waals surface area contributed by atoms with Crippen molar-refractivity contribution < 1.29 is 8.85 Å². The molecular formula is C9H24N2O2Si. The normalized spacial score (nSPS) is 15.4. The Hall–Kier alpha value is 0.0569. The average Bonchev–Trinajstić information content (AvgIpc) is 2.22. The van der Waals surface area contributed by atoms with E-state index in [1.807, 2.05) is 0 Å². The van der Waals surface area contributed by atoms with Crippen LogP contribution in [0.15, 0.2) is 0 Å². The third kappa shape index (κ3) is 6.50. The molecule has 0 saturated carbocycles. The van der Waals surface area contributed by atoms with Gasteiger partial charge >= 0.3 is 8.56 Å². The molecular weight excluding hydrogens is 196 g/mol. The first-order valence-electron chi connectivity index (χ1n) is 5.28. The summed E-state index contributed by atoms with van der Waals surface area (Å²) in [6, 6.07) is 0.975. The summed E-state index contributed by atoms with van der Waals surface area (Å²) in [7, 11) is -0.187. The van der Waals surface area contributed by atoms with Gasteiger partial charge in [0.25, 0.3) is 0 Å². The second kappa shape index (κ2) is 8.37. The SMILES string of the molecule is CO[Si](C)(CCCN)OCCCCN. The van der Waals surface area contributed by atoms with Crippen molar-refractivity contribution in [3.63, 3.8) is 0 Å². The Morgan fingerprint density at radius 1 is 1.07 bits per heavy atom. The van der Waals surface area contributed by atoms with Crippen LogP contribution in [0.25, 0.3) is 0 Å². The minimum atomic E-state index is -1.92. The van der Waals surface area contributed by atoms with Gasteiger partial charge in [0.1, 0.15) is 0 Å². The predicted octanol–water partition coefficient (Wildman–Crippen LogP) is 0.809. The van der Waals surface area contributed by atoms with Crippen LogP contribution in [0.2, 0.25) is 12.6 Å². The molecule has 0 aromatic carbocycles. The predicted molar refractivity (Wildman–Crippen MR) is 61.3 cm³/mol. The van der Waals surface area contributed by atoms with Crippen molar-refractivity contribution in [2.24, 2.45) is 11.5 Å². The fourth-order valence-corrected chi connectivity index (χ4v) is 3.08. The summed E-state index contributed by atoms with van der Waals surface area (Å²) >= 11 is 0. The van der Waals surface area contributed by atoms with E-state index < -0.39 is 8.56 Å². The van der Waals surface area contributed by atoms with Crippen LogP contribution >= 0.6 is 0 Å². The van der Waals surface area contributed by atoms with Crippen molar-refractivity contribution in [3.8, 4) is 0 Å². The molecule has 0 fully saturated rings. The highest BCUT2D eigenvalue weighted by Gasteiger charge is 2.28. The molecule has 0 aromatic rings. The van der Waals surface area contributed by atoms with Crippen molar-refractivity contribution in [2.45, 2.75) is 31.9 Å². The van der Waals surface area contributed by atoms with Crippen LogP contribution in [-0.4, -0.2) is 35.4 Å². The summed E-state index contributed by atoms with van der Waals surface area (Å²) in [5.74, 6) is 0. The first-order valence-corrected chi connectivity index (χ1v) is 7.80. The lowest BCUT2D eigenvalue weighted by Crippen LogP contribution is -2.38. The van der Waals surface area contributed by atoms with Gasteiger partial charge in [0.2, 0.25) is 0 Å². The van der Waals surface area contributed by atoms with Gasteiger partial charge in [0.15, 0.2) is 0 Å². The van der Waals surface area contributed by atoms with Gasteiger partial charge in [0.05, 0.1) is 0 Å². The van der Waals surface area contributed by atoms with Crippen LogP contribution in [-0.2, 0) is 8.85 Å². The van der Waals surface area contributed by atoms with Crippen LogP contribution in [0.5, 0.6) is 0 Å². The summed E-state index contributed by atoms with van der Waals surface area (Å²) in [5, 5.41) is 0. The van der Waals surface area contributed by atoms with E-state index in [9.17, 15) is 0 Å². The van der Waals surface area contributed by atoms with Gasteiger partial charge in [0, 0.05) is 13.7 Å². The Morgan fingerprint density at radius 3 is 2.21 bits per heavy atom. The first-order chi connectivity index (χ1) is 6.68. The minimum Gasteiger partial charge on any atom is -0.398 e. The van der Waals surface area contributed by atoms with Crippen molar-refractivity contribution >= 4 is 8.56 Å². The fourth-order valence-electron chi connectivity index (χ4n) is 1.19. The smallest absolute Gasteiger partial charge is 0.334 e. The minimum absolute atomic E-state index is 0.706. The Morgan fingerprint density at radius 2 is 1.71 bits per heavy atom. The molecule has 0 amide bonds. The van der Waals surface area contributed by atoms with Gasteiger partial charge < -0.3 is 20.3 Å². The average molecular weight is 220 g/mol. The van der Waals surface area contributed by atoms with Crippen molar-refractivity contribution in [2.75, 3.05) is 26.8 Å². The maximum absolute atomic E-state index is 5.79. The van der Waals surface area contributed by atoms with Crippen LogP contribution in [0.1, 0.15) is 19.3 Å². The standard InChI is InChI=1S/C9H24N2O2Si/c1-12-14(2,9-5-7-11)13-8-4-3-6-10/h3-11H2,1-2H3. The van der Waals surface area contributed by atoms with E-state index in [-0.39, 0.29) is 0 Å². The number of nitrogens with two attached hydrogens (primary N) is 2. The monoisotopic (exact) mass is 220 g/mol. The Kier molecular flexibility index (Phi) is 8.41. The quantitative estimate of drug-likeness (QED) is 0.445. The van der Waals surface area contributed by atoms with E-state index in [1.165, 1.54) is 0 Å². The second-order valence-electron chi connectivity index (χ2n) is 3.57. The van der Waals surface area contributed by atoms with E-state index in [0.717, 1.165) is 38.5 Å². The molecule has 0 heterocycles. The Bertz CT molecular complexity index is 138. The molecule has 0 aliphatic carbocycles. The zero-order valence-corrected chi connectivity index (χ0v) is 10.4. The Balaban J connectivity index is 3.63. The highest BCUT2D eigenvalue weighted by Crippen LogP contribution is 2.14. The van der Waals surface area contributed by atoms with Crippen molar-refractivity contribution in [1.29, 1.82) is 0 Å². The molecule has 0 bridgehead atoms. The van der Waals surface area contributed by atoms with Gasteiger partial charge in [-0.2, -0.15) is 0 Å². The fraction of sp³-hybridized carbons (Fsp3) is 1.00. The summed E-state index contributed by atoms with van der Waals surface area (Å²) in [5.41, 5.74) is 10.9. The van der Waals surface area contributed by atoms with E-state index >= 15 is 0 Å². The molecule has 0 aromatic heterocycles. The van der Waals surface area contributed by atoms with Crippen LogP contribution < -0.4 is 11.5 Å². The lowest BCUT2D eigenvalue weighted by Gasteiger charge is -2.24. The molecule has 0 aliphatic rings. The van der Waals surface area contributed by atoms with Gasteiger partial charge in [-0.25, -0.2) is 0 Å². The van der Waals surface area contributed by atoms with Crippen LogP contribution in [0, 0.1) is 0 Å². The lowest BCUT2D eigenvalue weighted by molar-refractivity contribution is 0.200. The maximum atomic E-state index is 5.79. The number of rotatable bonds is 9. The topological polar surface area (TPSA) is 70.5 Å². The molecule has 0 rings (SSSR count). The molecule has 4 nitrogen and oxygen atoms in total. The highest BCUT2D eigenvalue weighted by molar-refractivity contribution is 6.65. The van der Waals surface area contributed by atoms with E-state index in [2.05, 4.69) is 6.55 Å². The number of unbranched alkanes of at least 4 members (excludes halogenated alkanes) is 1. The largest absolute Gasteiger partial charge is 0.398 e. The molecule has 0 radical (unpaired) electrons. The second-order valence-corrected chi connectivity index (χ2v) is 7.04.